The summed E-state index contributed by atoms with van der Waals surface area (Å²) in [5.41, 5.74) is 7.47. The molecule has 3 amide bonds. The molecule has 2 aromatic heterocycles. The van der Waals surface area contributed by atoms with Crippen LogP contribution in [-0.4, -0.2) is 26.7 Å². The molecule has 4 N–H and O–H groups in total. The standard InChI is InChI=1S/C26H22Cl2N6O3/c27-16-10-17(28)12-19(11-16)34-24(14-22(33-34)15-2-1-3-15)32-26(36)31-18-4-6-20(7-5-18)37-21-8-9-30-23(13-21)25(29)35/h4-15H,1-3H2,(H2,29,35)(H2,31,32,36). The lowest BCUT2D eigenvalue weighted by molar-refractivity contribution is 0.0995. The number of aromatic nitrogens is 3. The van der Waals surface area contributed by atoms with E-state index in [1.54, 1.807) is 53.2 Å². The van der Waals surface area contributed by atoms with Crippen molar-refractivity contribution in [2.24, 2.45) is 5.73 Å². The molecule has 0 saturated heterocycles. The number of ether oxygens (including phenoxy) is 1. The van der Waals surface area contributed by atoms with Crippen molar-refractivity contribution in [3.63, 3.8) is 0 Å². The predicted octanol–water partition coefficient (Wildman–Crippen LogP) is 6.38. The number of carbonyl (C=O) groups excluding carboxylic acids is 2. The Bertz CT molecular complexity index is 1450. The normalized spacial score (nSPS) is 13.0. The highest BCUT2D eigenvalue weighted by Gasteiger charge is 2.24. The molecule has 0 atom stereocenters. The first-order valence-electron chi connectivity index (χ1n) is 11.5. The molecular formula is C26H22Cl2N6O3. The van der Waals surface area contributed by atoms with Crippen LogP contribution >= 0.6 is 23.2 Å². The second-order valence-electron chi connectivity index (χ2n) is 8.57. The Morgan fingerprint density at radius 3 is 2.32 bits per heavy atom. The zero-order valence-electron chi connectivity index (χ0n) is 19.4. The number of carbonyl (C=O) groups is 2. The first kappa shape index (κ1) is 24.6. The molecule has 1 saturated carbocycles. The number of urea groups is 1. The Kier molecular flexibility index (Phi) is 6.98. The number of hydrogen-bond donors (Lipinski definition) is 3. The monoisotopic (exact) mass is 536 g/mol. The van der Waals surface area contributed by atoms with Crippen molar-refractivity contribution in [2.75, 3.05) is 10.6 Å². The van der Waals surface area contributed by atoms with Crippen LogP contribution in [0.3, 0.4) is 0 Å². The zero-order valence-corrected chi connectivity index (χ0v) is 21.0. The topological polar surface area (TPSA) is 124 Å². The number of primary amides is 1. The second-order valence-corrected chi connectivity index (χ2v) is 9.44. The summed E-state index contributed by atoms with van der Waals surface area (Å²) in [6.07, 6.45) is 4.73. The van der Waals surface area contributed by atoms with E-state index in [-0.39, 0.29) is 5.69 Å². The molecule has 1 fully saturated rings. The SMILES string of the molecule is NC(=O)c1cc(Oc2ccc(NC(=O)Nc3cc(C4CCC4)nn3-c3cc(Cl)cc(Cl)c3)cc2)ccn1. The Labute approximate surface area is 222 Å². The lowest BCUT2D eigenvalue weighted by Gasteiger charge is -2.22. The van der Waals surface area contributed by atoms with Gasteiger partial charge in [0.2, 0.25) is 0 Å². The maximum absolute atomic E-state index is 12.8. The number of anilines is 2. The number of benzene rings is 2. The predicted molar refractivity (Wildman–Crippen MR) is 142 cm³/mol. The fourth-order valence-electron chi connectivity index (χ4n) is 3.88. The first-order valence-corrected chi connectivity index (χ1v) is 12.3. The molecular weight excluding hydrogens is 515 g/mol. The third kappa shape index (κ3) is 5.84. The summed E-state index contributed by atoms with van der Waals surface area (Å²) in [4.78, 5) is 28.0. The van der Waals surface area contributed by atoms with Crippen molar-refractivity contribution in [3.8, 4) is 17.2 Å². The Morgan fingerprint density at radius 2 is 1.68 bits per heavy atom. The van der Waals surface area contributed by atoms with Crippen LogP contribution in [0.25, 0.3) is 5.69 Å². The smallest absolute Gasteiger partial charge is 0.324 e. The molecule has 0 aliphatic heterocycles. The number of halogens is 2. The molecule has 1 aliphatic rings. The van der Waals surface area contributed by atoms with Crippen LogP contribution < -0.4 is 21.1 Å². The summed E-state index contributed by atoms with van der Waals surface area (Å²) in [6.45, 7) is 0. The summed E-state index contributed by atoms with van der Waals surface area (Å²) in [7, 11) is 0. The molecule has 0 radical (unpaired) electrons. The highest BCUT2D eigenvalue weighted by atomic mass is 35.5. The average molecular weight is 537 g/mol. The minimum atomic E-state index is -0.643. The molecule has 5 rings (SSSR count). The number of nitrogens with zero attached hydrogens (tertiary/aromatic N) is 3. The van der Waals surface area contributed by atoms with Gasteiger partial charge >= 0.3 is 6.03 Å². The van der Waals surface area contributed by atoms with Gasteiger partial charge in [0.15, 0.2) is 0 Å². The number of rotatable bonds is 7. The maximum atomic E-state index is 12.8. The van der Waals surface area contributed by atoms with Crippen LogP contribution in [0.2, 0.25) is 10.0 Å². The lowest BCUT2D eigenvalue weighted by Crippen LogP contribution is -2.21. The van der Waals surface area contributed by atoms with Crippen molar-refractivity contribution < 1.29 is 14.3 Å². The summed E-state index contributed by atoms with van der Waals surface area (Å²) in [5.74, 6) is 1.15. The summed E-state index contributed by atoms with van der Waals surface area (Å²) in [5, 5.41) is 11.3. The molecule has 4 aromatic rings. The number of amides is 3. The van der Waals surface area contributed by atoms with Crippen LogP contribution in [0, 0.1) is 0 Å². The molecule has 188 valence electrons. The second kappa shape index (κ2) is 10.5. The number of nitrogens with one attached hydrogen (secondary N) is 2. The van der Waals surface area contributed by atoms with E-state index in [0.717, 1.165) is 25.0 Å². The van der Waals surface area contributed by atoms with Gasteiger partial charge in [-0.05, 0) is 61.4 Å². The molecule has 2 heterocycles. The number of nitrogens with two attached hydrogens (primary N) is 1. The highest BCUT2D eigenvalue weighted by molar-refractivity contribution is 6.34. The molecule has 2 aromatic carbocycles. The molecule has 0 spiro atoms. The van der Waals surface area contributed by atoms with E-state index in [2.05, 4.69) is 15.6 Å². The Balaban J connectivity index is 1.29. The maximum Gasteiger partial charge on any atom is 0.324 e. The van der Waals surface area contributed by atoms with Crippen molar-refractivity contribution in [1.29, 1.82) is 0 Å². The van der Waals surface area contributed by atoms with Crippen LogP contribution in [0.1, 0.15) is 41.4 Å². The van der Waals surface area contributed by atoms with Gasteiger partial charge in [0.1, 0.15) is 23.0 Å². The van der Waals surface area contributed by atoms with Gasteiger partial charge in [-0.25, -0.2) is 9.48 Å². The quantitative estimate of drug-likeness (QED) is 0.253. The third-order valence-corrected chi connectivity index (χ3v) is 6.35. The summed E-state index contributed by atoms with van der Waals surface area (Å²) < 4.78 is 7.38. The van der Waals surface area contributed by atoms with Crippen molar-refractivity contribution >= 4 is 46.6 Å². The zero-order chi connectivity index (χ0) is 25.9. The van der Waals surface area contributed by atoms with E-state index < -0.39 is 11.9 Å². The summed E-state index contributed by atoms with van der Waals surface area (Å²) in [6, 6.07) is 16.4. The van der Waals surface area contributed by atoms with Gasteiger partial charge in [0.25, 0.3) is 5.91 Å². The minimum absolute atomic E-state index is 0.104. The molecule has 37 heavy (non-hydrogen) atoms. The Hall–Kier alpha value is -4.08. The van der Waals surface area contributed by atoms with E-state index in [9.17, 15) is 9.59 Å². The molecule has 9 nitrogen and oxygen atoms in total. The van der Waals surface area contributed by atoms with Gasteiger partial charge in [0, 0.05) is 40.0 Å². The van der Waals surface area contributed by atoms with Crippen LogP contribution in [-0.2, 0) is 0 Å². The molecule has 11 heteroatoms. The van der Waals surface area contributed by atoms with Gasteiger partial charge < -0.3 is 15.8 Å². The van der Waals surface area contributed by atoms with Crippen LogP contribution in [0.5, 0.6) is 11.5 Å². The van der Waals surface area contributed by atoms with Crippen LogP contribution in [0.15, 0.2) is 66.9 Å². The molecule has 0 bridgehead atoms. The van der Waals surface area contributed by atoms with Gasteiger partial charge in [-0.2, -0.15) is 5.10 Å². The van der Waals surface area contributed by atoms with Crippen molar-refractivity contribution in [2.45, 2.75) is 25.2 Å². The van der Waals surface area contributed by atoms with Gasteiger partial charge in [0.05, 0.1) is 11.4 Å². The fraction of sp³-hybridized carbons (Fsp3) is 0.154. The number of hydrogen-bond acceptors (Lipinski definition) is 5. The van der Waals surface area contributed by atoms with Crippen molar-refractivity contribution in [3.05, 3.63) is 88.3 Å². The lowest BCUT2D eigenvalue weighted by atomic mass is 9.83. The summed E-state index contributed by atoms with van der Waals surface area (Å²) >= 11 is 12.4. The van der Waals surface area contributed by atoms with E-state index >= 15 is 0 Å². The van der Waals surface area contributed by atoms with Crippen molar-refractivity contribution in [1.82, 2.24) is 14.8 Å². The third-order valence-electron chi connectivity index (χ3n) is 5.92. The molecule has 1 aliphatic carbocycles. The highest BCUT2D eigenvalue weighted by Crippen LogP contribution is 2.37. The van der Waals surface area contributed by atoms with E-state index in [1.165, 1.54) is 12.3 Å². The van der Waals surface area contributed by atoms with E-state index in [0.29, 0.717) is 44.7 Å². The van der Waals surface area contributed by atoms with E-state index in [4.69, 9.17) is 38.8 Å². The van der Waals surface area contributed by atoms with E-state index in [1.807, 2.05) is 6.07 Å². The van der Waals surface area contributed by atoms with Gasteiger partial charge in [-0.1, -0.05) is 29.6 Å². The largest absolute Gasteiger partial charge is 0.457 e. The first-order chi connectivity index (χ1) is 17.8. The minimum Gasteiger partial charge on any atom is -0.457 e. The average Bonchev–Trinajstić information content (AvgIpc) is 3.21. The number of pyridine rings is 1. The van der Waals surface area contributed by atoms with Crippen LogP contribution in [0.4, 0.5) is 16.3 Å². The fourth-order valence-corrected chi connectivity index (χ4v) is 4.40. The molecule has 0 unspecified atom stereocenters. The van der Waals surface area contributed by atoms with Gasteiger partial charge in [-0.3, -0.25) is 15.1 Å². The van der Waals surface area contributed by atoms with Gasteiger partial charge in [-0.15, -0.1) is 0 Å². The Morgan fingerprint density at radius 1 is 0.946 bits per heavy atom.